The van der Waals surface area contributed by atoms with Crippen LogP contribution in [0.2, 0.25) is 0 Å². The normalized spacial score (nSPS) is 17.1. The topological polar surface area (TPSA) is 12.0 Å². The van der Waals surface area contributed by atoms with Gasteiger partial charge in [-0.3, -0.25) is 0 Å². The van der Waals surface area contributed by atoms with Gasteiger partial charge in [-0.25, -0.2) is 0 Å². The number of rotatable bonds is 2. The van der Waals surface area contributed by atoms with Gasteiger partial charge in [-0.05, 0) is 25.3 Å². The van der Waals surface area contributed by atoms with Crippen molar-refractivity contribution in [3.8, 4) is 0 Å². The van der Waals surface area contributed by atoms with Crippen molar-refractivity contribution in [3.05, 3.63) is 11.1 Å². The van der Waals surface area contributed by atoms with Gasteiger partial charge in [0.05, 0.1) is 0 Å². The van der Waals surface area contributed by atoms with Gasteiger partial charge in [0.1, 0.15) is 0 Å². The Labute approximate surface area is 83.6 Å². The van der Waals surface area contributed by atoms with Crippen molar-refractivity contribution in [1.29, 1.82) is 0 Å². The molecular formula is C12H25N. The van der Waals surface area contributed by atoms with E-state index in [0.717, 1.165) is 12.5 Å². The molecule has 0 amide bonds. The lowest BCUT2D eigenvalue weighted by Crippen LogP contribution is -2.27. The second-order valence-corrected chi connectivity index (χ2v) is 3.56. The van der Waals surface area contributed by atoms with Crippen molar-refractivity contribution in [3.63, 3.8) is 0 Å². The first-order chi connectivity index (χ1) is 6.25. The van der Waals surface area contributed by atoms with Crippen LogP contribution >= 0.6 is 0 Å². The Bertz CT molecular complexity index is 157. The van der Waals surface area contributed by atoms with Crippen LogP contribution < -0.4 is 5.32 Å². The van der Waals surface area contributed by atoms with Crippen LogP contribution in [0.15, 0.2) is 11.1 Å². The summed E-state index contributed by atoms with van der Waals surface area (Å²) in [6.07, 6.45) is 2.51. The monoisotopic (exact) mass is 183 g/mol. The molecule has 0 atom stereocenters. The third kappa shape index (κ3) is 3.95. The Morgan fingerprint density at radius 3 is 2.31 bits per heavy atom. The lowest BCUT2D eigenvalue weighted by Gasteiger charge is -2.23. The molecule has 1 aliphatic rings. The molecule has 0 unspecified atom stereocenters. The van der Waals surface area contributed by atoms with Crippen LogP contribution in [0.4, 0.5) is 0 Å². The van der Waals surface area contributed by atoms with Gasteiger partial charge in [-0.2, -0.15) is 0 Å². The molecule has 0 aromatic heterocycles. The summed E-state index contributed by atoms with van der Waals surface area (Å²) in [7, 11) is 0. The quantitative estimate of drug-likeness (QED) is 0.647. The molecule has 1 nitrogen and oxygen atoms in total. The minimum absolute atomic E-state index is 0.734. The Morgan fingerprint density at radius 1 is 1.31 bits per heavy atom. The summed E-state index contributed by atoms with van der Waals surface area (Å²) in [6, 6.07) is 0. The summed E-state index contributed by atoms with van der Waals surface area (Å²) >= 11 is 0. The third-order valence-corrected chi connectivity index (χ3v) is 2.50. The molecule has 0 fully saturated rings. The smallest absolute Gasteiger partial charge is 0.0170 e. The Morgan fingerprint density at radius 2 is 1.92 bits per heavy atom. The Kier molecular flexibility index (Phi) is 6.97. The van der Waals surface area contributed by atoms with E-state index in [9.17, 15) is 0 Å². The zero-order chi connectivity index (χ0) is 10.3. The summed E-state index contributed by atoms with van der Waals surface area (Å²) < 4.78 is 0. The summed E-state index contributed by atoms with van der Waals surface area (Å²) in [5, 5.41) is 3.42. The molecule has 0 aromatic rings. The van der Waals surface area contributed by atoms with Crippen LogP contribution in [0.5, 0.6) is 0 Å². The molecule has 0 spiro atoms. The zero-order valence-corrected chi connectivity index (χ0v) is 9.91. The predicted molar refractivity (Wildman–Crippen MR) is 61.0 cm³/mol. The zero-order valence-electron chi connectivity index (χ0n) is 9.91. The highest BCUT2D eigenvalue weighted by Crippen LogP contribution is 2.21. The molecule has 13 heavy (non-hydrogen) atoms. The van der Waals surface area contributed by atoms with Gasteiger partial charge in [0.15, 0.2) is 0 Å². The first-order valence-electron chi connectivity index (χ1n) is 5.67. The molecule has 1 heterocycles. The Hall–Kier alpha value is -0.300. The first-order valence-corrected chi connectivity index (χ1v) is 5.67. The average Bonchev–Trinajstić information content (AvgIpc) is 2.20. The van der Waals surface area contributed by atoms with Crippen LogP contribution in [0.3, 0.4) is 0 Å². The van der Waals surface area contributed by atoms with Crippen LogP contribution in [-0.2, 0) is 0 Å². The Balaban J connectivity index is 0.000000671. The molecule has 0 aromatic carbocycles. The van der Waals surface area contributed by atoms with E-state index in [1.807, 2.05) is 13.8 Å². The highest BCUT2D eigenvalue weighted by molar-refractivity contribution is 5.20. The molecule has 0 saturated carbocycles. The van der Waals surface area contributed by atoms with E-state index in [4.69, 9.17) is 0 Å². The highest BCUT2D eigenvalue weighted by Gasteiger charge is 2.12. The van der Waals surface area contributed by atoms with Gasteiger partial charge in [0.2, 0.25) is 0 Å². The van der Waals surface area contributed by atoms with Crippen molar-refractivity contribution < 1.29 is 0 Å². The second kappa shape index (κ2) is 7.14. The highest BCUT2D eigenvalue weighted by atomic mass is 14.9. The summed E-state index contributed by atoms with van der Waals surface area (Å²) in [6.45, 7) is 13.2. The first kappa shape index (κ1) is 12.7. The minimum atomic E-state index is 0.734. The molecule has 1 N–H and O–H groups in total. The van der Waals surface area contributed by atoms with Crippen LogP contribution in [0.25, 0.3) is 0 Å². The van der Waals surface area contributed by atoms with Gasteiger partial charge in [-0.1, -0.05) is 45.8 Å². The second-order valence-electron chi connectivity index (χ2n) is 3.56. The van der Waals surface area contributed by atoms with Crippen molar-refractivity contribution in [2.24, 2.45) is 5.92 Å². The molecule has 1 heteroatoms. The summed E-state index contributed by atoms with van der Waals surface area (Å²) in [5.41, 5.74) is 3.34. The van der Waals surface area contributed by atoms with E-state index in [1.54, 1.807) is 11.1 Å². The third-order valence-electron chi connectivity index (χ3n) is 2.50. The van der Waals surface area contributed by atoms with Crippen LogP contribution in [0, 0.1) is 5.92 Å². The van der Waals surface area contributed by atoms with E-state index < -0.39 is 0 Å². The maximum atomic E-state index is 3.42. The maximum Gasteiger partial charge on any atom is 0.0170 e. The minimum Gasteiger partial charge on any atom is -0.313 e. The largest absolute Gasteiger partial charge is 0.313 e. The van der Waals surface area contributed by atoms with E-state index >= 15 is 0 Å². The summed E-state index contributed by atoms with van der Waals surface area (Å²) in [5.74, 6) is 0.734. The summed E-state index contributed by atoms with van der Waals surface area (Å²) in [4.78, 5) is 0. The van der Waals surface area contributed by atoms with Gasteiger partial charge < -0.3 is 5.32 Å². The van der Waals surface area contributed by atoms with Gasteiger partial charge in [-0.15, -0.1) is 0 Å². The fourth-order valence-electron chi connectivity index (χ4n) is 1.76. The van der Waals surface area contributed by atoms with Crippen LogP contribution in [-0.4, -0.2) is 13.1 Å². The maximum absolute atomic E-state index is 3.42. The SMILES string of the molecule is CC.CCC1=C(C(C)C)CNCC1. The van der Waals surface area contributed by atoms with Crippen molar-refractivity contribution in [2.45, 2.75) is 47.5 Å². The van der Waals surface area contributed by atoms with E-state index in [0.29, 0.717) is 0 Å². The van der Waals surface area contributed by atoms with Gasteiger partial charge >= 0.3 is 0 Å². The lowest BCUT2D eigenvalue weighted by molar-refractivity contribution is 0.595. The standard InChI is InChI=1S/C10H19N.C2H6/c1-4-9-5-6-11-7-10(9)8(2)3;1-2/h8,11H,4-7H2,1-3H3;1-2H3. The van der Waals surface area contributed by atoms with Crippen LogP contribution in [0.1, 0.15) is 47.5 Å². The fourth-order valence-corrected chi connectivity index (χ4v) is 1.76. The predicted octanol–water partition coefficient (Wildman–Crippen LogP) is 3.37. The van der Waals surface area contributed by atoms with Gasteiger partial charge in [0.25, 0.3) is 0 Å². The molecule has 1 aliphatic heterocycles. The van der Waals surface area contributed by atoms with Crippen molar-refractivity contribution >= 4 is 0 Å². The van der Waals surface area contributed by atoms with E-state index in [2.05, 4.69) is 26.1 Å². The molecule has 1 rings (SSSR count). The fraction of sp³-hybridized carbons (Fsp3) is 0.833. The molecule has 78 valence electrons. The molecule has 0 aliphatic carbocycles. The molecule has 0 saturated heterocycles. The van der Waals surface area contributed by atoms with Crippen molar-refractivity contribution in [1.82, 2.24) is 5.32 Å². The lowest BCUT2D eigenvalue weighted by atomic mass is 9.91. The van der Waals surface area contributed by atoms with E-state index in [-0.39, 0.29) is 0 Å². The van der Waals surface area contributed by atoms with Gasteiger partial charge in [0, 0.05) is 6.54 Å². The average molecular weight is 183 g/mol. The van der Waals surface area contributed by atoms with E-state index in [1.165, 1.54) is 19.4 Å². The number of nitrogens with one attached hydrogen (secondary N) is 1. The molecule has 0 bridgehead atoms. The molecular weight excluding hydrogens is 158 g/mol. The molecule has 0 radical (unpaired) electrons. The van der Waals surface area contributed by atoms with Crippen molar-refractivity contribution in [2.75, 3.05) is 13.1 Å². The number of hydrogen-bond acceptors (Lipinski definition) is 1. The number of hydrogen-bond donors (Lipinski definition) is 1.